The van der Waals surface area contributed by atoms with E-state index in [4.69, 9.17) is 0 Å². The number of nitrogens with zero attached hydrogens (tertiary/aromatic N) is 1. The Morgan fingerprint density at radius 2 is 1.76 bits per heavy atom. The zero-order chi connectivity index (χ0) is 19.0. The molecule has 0 radical (unpaired) electrons. The third kappa shape index (κ3) is 4.95. The van der Waals surface area contributed by atoms with Crippen molar-refractivity contribution in [3.05, 3.63) is 0 Å². The fourth-order valence-electron chi connectivity index (χ4n) is 5.50. The standard InChI is InChI=1S/C21H43N2PS/c1-15-12-16(2)21(24-25-22-13-15)11-10-17(3)23(19(5,6)7)18(4)20(8,9)14-21/h15-18,22,24H,10-14H2,1-9H3. The van der Waals surface area contributed by atoms with E-state index in [1.807, 2.05) is 11.6 Å². The van der Waals surface area contributed by atoms with Gasteiger partial charge in [0.25, 0.3) is 0 Å². The molecule has 2 saturated heterocycles. The van der Waals surface area contributed by atoms with E-state index in [1.165, 1.54) is 32.2 Å². The van der Waals surface area contributed by atoms with Gasteiger partial charge in [0.15, 0.2) is 0 Å². The van der Waals surface area contributed by atoms with Gasteiger partial charge in [-0.2, -0.15) is 0 Å². The van der Waals surface area contributed by atoms with Gasteiger partial charge in [-0.1, -0.05) is 39.3 Å². The van der Waals surface area contributed by atoms with E-state index < -0.39 is 0 Å². The van der Waals surface area contributed by atoms with Crippen LogP contribution in [0.2, 0.25) is 0 Å². The molecule has 1 N–H and O–H groups in total. The summed E-state index contributed by atoms with van der Waals surface area (Å²) in [6.45, 7) is 23.4. The highest BCUT2D eigenvalue weighted by Gasteiger charge is 2.48. The molecule has 0 amide bonds. The van der Waals surface area contributed by atoms with E-state index in [1.54, 1.807) is 0 Å². The summed E-state index contributed by atoms with van der Waals surface area (Å²) < 4.78 is 3.67. The first-order valence-corrected chi connectivity index (χ1v) is 12.9. The minimum absolute atomic E-state index is 0.236. The van der Waals surface area contributed by atoms with Crippen molar-refractivity contribution in [3.8, 4) is 0 Å². The van der Waals surface area contributed by atoms with Crippen LogP contribution in [0.3, 0.4) is 0 Å². The summed E-state index contributed by atoms with van der Waals surface area (Å²) in [6.07, 6.45) is 5.46. The van der Waals surface area contributed by atoms with Crippen molar-refractivity contribution >= 4 is 19.4 Å². The molecule has 25 heavy (non-hydrogen) atoms. The number of rotatable bonds is 0. The highest BCUT2D eigenvalue weighted by Crippen LogP contribution is 2.58. The monoisotopic (exact) mass is 386 g/mol. The van der Waals surface area contributed by atoms with E-state index in [2.05, 4.69) is 71.9 Å². The molecule has 0 aliphatic carbocycles. The normalized spacial score (nSPS) is 42.6. The van der Waals surface area contributed by atoms with Gasteiger partial charge in [-0.3, -0.25) is 9.62 Å². The highest BCUT2D eigenvalue weighted by atomic mass is 32.7. The lowest BCUT2D eigenvalue weighted by molar-refractivity contribution is -0.0336. The van der Waals surface area contributed by atoms with Crippen LogP contribution in [0.15, 0.2) is 0 Å². The van der Waals surface area contributed by atoms with Crippen molar-refractivity contribution in [2.45, 2.75) is 111 Å². The van der Waals surface area contributed by atoms with Crippen LogP contribution < -0.4 is 4.72 Å². The average Bonchev–Trinajstić information content (AvgIpc) is 2.45. The van der Waals surface area contributed by atoms with E-state index >= 15 is 0 Å². The van der Waals surface area contributed by atoms with E-state index in [0.29, 0.717) is 22.7 Å². The molecular weight excluding hydrogens is 343 g/mol. The second kappa shape index (κ2) is 7.98. The van der Waals surface area contributed by atoms with Crippen molar-refractivity contribution in [1.29, 1.82) is 0 Å². The maximum atomic E-state index is 3.67. The summed E-state index contributed by atoms with van der Waals surface area (Å²) in [6, 6.07) is 1.27. The minimum atomic E-state index is 0.236. The smallest absolute Gasteiger partial charge is 0.0130 e. The van der Waals surface area contributed by atoms with Gasteiger partial charge in [0.05, 0.1) is 0 Å². The van der Waals surface area contributed by atoms with Crippen molar-refractivity contribution < 1.29 is 0 Å². The van der Waals surface area contributed by atoms with Crippen LogP contribution in [0.1, 0.15) is 88.0 Å². The molecule has 6 unspecified atom stereocenters. The van der Waals surface area contributed by atoms with Crippen LogP contribution >= 0.6 is 19.4 Å². The molecule has 2 heterocycles. The van der Waals surface area contributed by atoms with Gasteiger partial charge in [-0.05, 0) is 85.3 Å². The number of nitrogens with one attached hydrogen (secondary N) is 1. The molecule has 2 nitrogen and oxygen atoms in total. The lowest BCUT2D eigenvalue weighted by Gasteiger charge is -2.56. The lowest BCUT2D eigenvalue weighted by atomic mass is 9.67. The first kappa shape index (κ1) is 22.0. The maximum Gasteiger partial charge on any atom is 0.0130 e. The Balaban J connectivity index is 2.35. The van der Waals surface area contributed by atoms with Crippen LogP contribution in [-0.4, -0.2) is 34.2 Å². The van der Waals surface area contributed by atoms with Crippen LogP contribution in [0.25, 0.3) is 0 Å². The second-order valence-corrected chi connectivity index (χ2v) is 13.7. The third-order valence-electron chi connectivity index (χ3n) is 7.03. The zero-order valence-corrected chi connectivity index (χ0v) is 20.0. The van der Waals surface area contributed by atoms with Crippen molar-refractivity contribution in [3.63, 3.8) is 0 Å². The molecule has 1 spiro atoms. The Morgan fingerprint density at radius 1 is 1.12 bits per heavy atom. The van der Waals surface area contributed by atoms with E-state index in [9.17, 15) is 0 Å². The molecule has 0 aromatic heterocycles. The summed E-state index contributed by atoms with van der Waals surface area (Å²) in [5.41, 5.74) is 0.576. The molecule has 0 aromatic rings. The fourth-order valence-corrected chi connectivity index (χ4v) is 9.44. The predicted octanol–water partition coefficient (Wildman–Crippen LogP) is 6.32. The summed E-state index contributed by atoms with van der Waals surface area (Å²) in [4.78, 5) is 2.81. The number of hydrogen-bond acceptors (Lipinski definition) is 3. The number of hydrogen-bond donors (Lipinski definition) is 1. The van der Waals surface area contributed by atoms with Crippen LogP contribution in [0, 0.1) is 17.3 Å². The van der Waals surface area contributed by atoms with Crippen molar-refractivity contribution in [2.75, 3.05) is 6.54 Å². The van der Waals surface area contributed by atoms with Gasteiger partial charge < -0.3 is 0 Å². The van der Waals surface area contributed by atoms with Crippen LogP contribution in [0.4, 0.5) is 0 Å². The van der Waals surface area contributed by atoms with Crippen molar-refractivity contribution in [1.82, 2.24) is 9.62 Å². The summed E-state index contributed by atoms with van der Waals surface area (Å²) in [7, 11) is 0.984. The number of likely N-dealkylation sites (tertiary alicyclic amines) is 1. The molecule has 2 aliphatic heterocycles. The van der Waals surface area contributed by atoms with Crippen molar-refractivity contribution in [2.24, 2.45) is 17.3 Å². The SMILES string of the molecule is CC1CNSPC2(CCC(C)N(C(C)(C)C)C(C)C(C)(C)C2)C(C)C1. The molecule has 2 fully saturated rings. The quantitative estimate of drug-likeness (QED) is 0.387. The molecule has 6 atom stereocenters. The molecular formula is C21H43N2PS. The molecule has 0 bridgehead atoms. The Hall–Kier alpha value is 0.700. The van der Waals surface area contributed by atoms with Gasteiger partial charge in [-0.15, -0.1) is 0 Å². The first-order valence-electron chi connectivity index (χ1n) is 10.3. The molecule has 0 saturated carbocycles. The van der Waals surface area contributed by atoms with Gasteiger partial charge in [0.1, 0.15) is 0 Å². The molecule has 4 heteroatoms. The second-order valence-electron chi connectivity index (χ2n) is 10.8. The summed E-state index contributed by atoms with van der Waals surface area (Å²) >= 11 is 2.03. The van der Waals surface area contributed by atoms with Crippen LogP contribution in [0.5, 0.6) is 0 Å². The molecule has 0 aromatic carbocycles. The van der Waals surface area contributed by atoms with Gasteiger partial charge in [0, 0.05) is 29.3 Å². The predicted molar refractivity (Wildman–Crippen MR) is 118 cm³/mol. The Bertz CT molecular complexity index is 448. The van der Waals surface area contributed by atoms with Gasteiger partial charge in [0.2, 0.25) is 0 Å². The van der Waals surface area contributed by atoms with E-state index in [0.717, 1.165) is 19.6 Å². The average molecular weight is 387 g/mol. The third-order valence-corrected chi connectivity index (χ3v) is 10.7. The summed E-state index contributed by atoms with van der Waals surface area (Å²) in [5.74, 6) is 1.62. The van der Waals surface area contributed by atoms with Gasteiger partial charge >= 0.3 is 0 Å². The largest absolute Gasteiger partial charge is 0.293 e. The Morgan fingerprint density at radius 3 is 2.36 bits per heavy atom. The lowest BCUT2D eigenvalue weighted by Crippen LogP contribution is -2.59. The van der Waals surface area contributed by atoms with Crippen LogP contribution in [-0.2, 0) is 0 Å². The molecule has 148 valence electrons. The van der Waals surface area contributed by atoms with Gasteiger partial charge in [-0.25, -0.2) is 0 Å². The highest BCUT2D eigenvalue weighted by molar-refractivity contribution is 8.48. The molecule has 2 aliphatic rings. The zero-order valence-electron chi connectivity index (χ0n) is 18.2. The fraction of sp³-hybridized carbons (Fsp3) is 1.00. The minimum Gasteiger partial charge on any atom is -0.293 e. The Labute approximate surface area is 163 Å². The topological polar surface area (TPSA) is 15.3 Å². The summed E-state index contributed by atoms with van der Waals surface area (Å²) in [5, 5.41) is 0.502. The van der Waals surface area contributed by atoms with E-state index in [-0.39, 0.29) is 5.54 Å². The molecule has 2 rings (SSSR count). The first-order chi connectivity index (χ1) is 11.4. The Kier molecular flexibility index (Phi) is 7.02. The maximum absolute atomic E-state index is 3.67.